The molecular weight excluding hydrogens is 408 g/mol. The number of nitrogens with zero attached hydrogens (tertiary/aromatic N) is 1. The summed E-state index contributed by atoms with van der Waals surface area (Å²) in [5.74, 6) is -0.356. The quantitative estimate of drug-likeness (QED) is 0.285. The van der Waals surface area contributed by atoms with Crippen molar-refractivity contribution in [1.82, 2.24) is 4.57 Å². The average Bonchev–Trinajstić information content (AvgIpc) is 2.93. The molecule has 0 saturated carbocycles. The summed E-state index contributed by atoms with van der Waals surface area (Å²) >= 11 is 6.14. The molecule has 0 spiro atoms. The number of benzene rings is 1. The van der Waals surface area contributed by atoms with Crippen molar-refractivity contribution in [2.75, 3.05) is 19.8 Å². The van der Waals surface area contributed by atoms with Gasteiger partial charge in [-0.3, -0.25) is 0 Å². The molecule has 1 aromatic carbocycles. The SMILES string of the molecule is CCOC(=O)c1cc2cc(Cl)c(OCC(F)F)cc2n1COCC[Si](C)(C)C. The first-order chi connectivity index (χ1) is 13.1. The number of rotatable bonds is 10. The van der Waals surface area contributed by atoms with Crippen LogP contribution in [-0.2, 0) is 16.2 Å². The van der Waals surface area contributed by atoms with Gasteiger partial charge >= 0.3 is 5.97 Å². The minimum absolute atomic E-state index is 0.131. The van der Waals surface area contributed by atoms with Crippen LogP contribution in [0.3, 0.4) is 0 Å². The Morgan fingerprint density at radius 2 is 1.96 bits per heavy atom. The minimum atomic E-state index is -2.61. The second-order valence-electron chi connectivity index (χ2n) is 7.57. The number of fused-ring (bicyclic) bond motifs is 1. The van der Waals surface area contributed by atoms with E-state index in [0.29, 0.717) is 23.2 Å². The molecule has 0 atom stereocenters. The molecule has 28 heavy (non-hydrogen) atoms. The van der Waals surface area contributed by atoms with E-state index in [-0.39, 0.29) is 24.1 Å². The maximum absolute atomic E-state index is 12.5. The van der Waals surface area contributed by atoms with Gasteiger partial charge in [-0.2, -0.15) is 0 Å². The molecule has 0 aliphatic carbocycles. The van der Waals surface area contributed by atoms with Crippen LogP contribution in [0.4, 0.5) is 8.78 Å². The fraction of sp³-hybridized carbons (Fsp3) is 0.526. The molecule has 0 aliphatic heterocycles. The molecule has 9 heteroatoms. The predicted molar refractivity (Wildman–Crippen MR) is 109 cm³/mol. The molecule has 0 unspecified atom stereocenters. The Kier molecular flexibility index (Phi) is 7.85. The normalized spacial score (nSPS) is 12.0. The Labute approximate surface area is 169 Å². The second-order valence-corrected chi connectivity index (χ2v) is 13.6. The first-order valence-corrected chi connectivity index (χ1v) is 13.2. The Morgan fingerprint density at radius 1 is 1.25 bits per heavy atom. The molecule has 0 fully saturated rings. The van der Waals surface area contributed by atoms with Crippen molar-refractivity contribution < 1.29 is 27.8 Å². The van der Waals surface area contributed by atoms with Gasteiger partial charge in [0.25, 0.3) is 6.43 Å². The van der Waals surface area contributed by atoms with Crippen LogP contribution in [0.5, 0.6) is 5.75 Å². The molecule has 156 valence electrons. The molecule has 2 rings (SSSR count). The third-order valence-corrected chi connectivity index (χ3v) is 6.02. The van der Waals surface area contributed by atoms with E-state index in [1.54, 1.807) is 29.7 Å². The monoisotopic (exact) mass is 433 g/mol. The van der Waals surface area contributed by atoms with Crippen LogP contribution in [0.25, 0.3) is 10.9 Å². The molecule has 0 N–H and O–H groups in total. The van der Waals surface area contributed by atoms with Crippen LogP contribution in [-0.4, -0.2) is 44.9 Å². The Morgan fingerprint density at radius 3 is 2.57 bits per heavy atom. The van der Waals surface area contributed by atoms with Crippen molar-refractivity contribution in [2.24, 2.45) is 0 Å². The van der Waals surface area contributed by atoms with Gasteiger partial charge < -0.3 is 18.8 Å². The zero-order chi connectivity index (χ0) is 20.9. The minimum Gasteiger partial charge on any atom is -0.486 e. The number of hydrogen-bond donors (Lipinski definition) is 0. The average molecular weight is 434 g/mol. The highest BCUT2D eigenvalue weighted by molar-refractivity contribution is 6.76. The van der Waals surface area contributed by atoms with Crippen molar-refractivity contribution >= 4 is 36.5 Å². The molecule has 5 nitrogen and oxygen atoms in total. The van der Waals surface area contributed by atoms with Gasteiger partial charge in [-0.25, -0.2) is 13.6 Å². The molecular formula is C19H26ClF2NO4Si. The molecule has 0 aliphatic rings. The van der Waals surface area contributed by atoms with Gasteiger partial charge in [0.15, 0.2) is 0 Å². The zero-order valence-corrected chi connectivity index (χ0v) is 18.3. The highest BCUT2D eigenvalue weighted by atomic mass is 35.5. The third kappa shape index (κ3) is 6.18. The molecule has 0 bridgehead atoms. The van der Waals surface area contributed by atoms with Crippen molar-refractivity contribution in [1.29, 1.82) is 0 Å². The highest BCUT2D eigenvalue weighted by Crippen LogP contribution is 2.32. The van der Waals surface area contributed by atoms with Crippen LogP contribution >= 0.6 is 11.6 Å². The van der Waals surface area contributed by atoms with Crippen LogP contribution in [0.1, 0.15) is 17.4 Å². The number of esters is 1. The maximum Gasteiger partial charge on any atom is 0.355 e. The molecule has 0 saturated heterocycles. The summed E-state index contributed by atoms with van der Waals surface area (Å²) in [7, 11) is -1.25. The van der Waals surface area contributed by atoms with Gasteiger partial charge in [-0.1, -0.05) is 31.2 Å². The lowest BCUT2D eigenvalue weighted by molar-refractivity contribution is 0.0478. The summed E-state index contributed by atoms with van der Waals surface area (Å²) < 4.78 is 42.7. The lowest BCUT2D eigenvalue weighted by Crippen LogP contribution is -2.22. The summed E-state index contributed by atoms with van der Waals surface area (Å²) in [4.78, 5) is 12.4. The molecule has 1 heterocycles. The van der Waals surface area contributed by atoms with Crippen LogP contribution in [0.2, 0.25) is 30.7 Å². The standard InChI is InChI=1S/C19H26ClF2NO4Si/c1-5-26-19(24)16-9-13-8-14(20)17(27-11-18(21)22)10-15(13)23(16)12-25-6-7-28(2,3)4/h8-10,18H,5-7,11-12H2,1-4H3. The topological polar surface area (TPSA) is 49.7 Å². The summed E-state index contributed by atoms with van der Waals surface area (Å²) in [6, 6.07) is 5.76. The fourth-order valence-electron chi connectivity index (χ4n) is 2.57. The van der Waals surface area contributed by atoms with E-state index in [1.807, 2.05) is 0 Å². The smallest absolute Gasteiger partial charge is 0.355 e. The van der Waals surface area contributed by atoms with Crippen LogP contribution in [0, 0.1) is 0 Å². The van der Waals surface area contributed by atoms with E-state index >= 15 is 0 Å². The predicted octanol–water partition coefficient (Wildman–Crippen LogP) is 5.43. The van der Waals surface area contributed by atoms with Gasteiger partial charge in [0.2, 0.25) is 0 Å². The van der Waals surface area contributed by atoms with Crippen molar-refractivity contribution in [3.63, 3.8) is 0 Å². The van der Waals surface area contributed by atoms with E-state index < -0.39 is 27.1 Å². The van der Waals surface area contributed by atoms with Crippen LogP contribution < -0.4 is 4.74 Å². The molecule has 2 aromatic rings. The first kappa shape index (κ1) is 22.6. The maximum atomic E-state index is 12.5. The fourth-order valence-corrected chi connectivity index (χ4v) is 3.56. The lowest BCUT2D eigenvalue weighted by Gasteiger charge is -2.17. The first-order valence-electron chi connectivity index (χ1n) is 9.11. The van der Waals surface area contributed by atoms with Gasteiger partial charge in [0.1, 0.15) is 24.8 Å². The van der Waals surface area contributed by atoms with E-state index in [2.05, 4.69) is 19.6 Å². The third-order valence-electron chi connectivity index (χ3n) is 4.02. The number of ether oxygens (including phenoxy) is 3. The Balaban J connectivity index is 2.35. The van der Waals surface area contributed by atoms with Gasteiger partial charge in [-0.15, -0.1) is 0 Å². The molecule has 0 radical (unpaired) electrons. The number of aromatic nitrogens is 1. The summed E-state index contributed by atoms with van der Waals surface area (Å²) in [6.45, 7) is 8.66. The molecule has 0 amide bonds. The number of halogens is 3. The lowest BCUT2D eigenvalue weighted by atomic mass is 10.2. The van der Waals surface area contributed by atoms with E-state index in [0.717, 1.165) is 6.04 Å². The van der Waals surface area contributed by atoms with E-state index in [4.69, 9.17) is 25.8 Å². The molecule has 1 aromatic heterocycles. The largest absolute Gasteiger partial charge is 0.486 e. The number of carbonyl (C=O) groups excluding carboxylic acids is 1. The summed E-state index contributed by atoms with van der Waals surface area (Å²) in [5, 5.41) is 0.867. The summed E-state index contributed by atoms with van der Waals surface area (Å²) in [6.07, 6.45) is -2.61. The second kappa shape index (κ2) is 9.71. The van der Waals surface area contributed by atoms with Crippen molar-refractivity contribution in [3.05, 3.63) is 28.9 Å². The highest BCUT2D eigenvalue weighted by Gasteiger charge is 2.20. The van der Waals surface area contributed by atoms with Gasteiger partial charge in [0, 0.05) is 26.1 Å². The van der Waals surface area contributed by atoms with Crippen LogP contribution in [0.15, 0.2) is 18.2 Å². The van der Waals surface area contributed by atoms with Gasteiger partial charge in [-0.05, 0) is 25.1 Å². The zero-order valence-electron chi connectivity index (χ0n) is 16.6. The van der Waals surface area contributed by atoms with Crippen molar-refractivity contribution in [2.45, 2.75) is 45.8 Å². The van der Waals surface area contributed by atoms with E-state index in [9.17, 15) is 13.6 Å². The number of hydrogen-bond acceptors (Lipinski definition) is 4. The number of alkyl halides is 2. The Hall–Kier alpha value is -1.64. The van der Waals surface area contributed by atoms with E-state index in [1.165, 1.54) is 0 Å². The Bertz CT molecular complexity index is 820. The van der Waals surface area contributed by atoms with Crippen molar-refractivity contribution in [3.8, 4) is 5.75 Å². The number of carbonyl (C=O) groups is 1. The summed E-state index contributed by atoms with van der Waals surface area (Å²) in [5.41, 5.74) is 0.914. The van der Waals surface area contributed by atoms with Gasteiger partial charge in [0.05, 0.1) is 17.1 Å².